The van der Waals surface area contributed by atoms with Gasteiger partial charge in [-0.15, -0.1) is 11.6 Å². The molecule has 0 aliphatic heterocycles. The van der Waals surface area contributed by atoms with E-state index in [0.717, 1.165) is 23.4 Å². The van der Waals surface area contributed by atoms with Crippen LogP contribution in [0.5, 0.6) is 0 Å². The zero-order chi connectivity index (χ0) is 13.6. The second-order valence-electron chi connectivity index (χ2n) is 4.69. The molecule has 5 heteroatoms. The minimum Gasteiger partial charge on any atom is -0.392 e. The average Bonchev–Trinajstić information content (AvgIpc) is 2.36. The number of hydrogen-bond acceptors (Lipinski definition) is 4. The first-order chi connectivity index (χ1) is 8.50. The summed E-state index contributed by atoms with van der Waals surface area (Å²) in [5.74, 6) is 0.464. The van der Waals surface area contributed by atoms with Gasteiger partial charge >= 0.3 is 0 Å². The summed E-state index contributed by atoms with van der Waals surface area (Å²) in [6.45, 7) is 5.33. The molecule has 0 aromatic heterocycles. The molecule has 0 spiro atoms. The Morgan fingerprint density at radius 1 is 1.28 bits per heavy atom. The molecule has 2 N–H and O–H groups in total. The van der Waals surface area contributed by atoms with Gasteiger partial charge in [-0.25, -0.2) is 0 Å². The summed E-state index contributed by atoms with van der Waals surface area (Å²) in [5, 5.41) is 12.6. The van der Waals surface area contributed by atoms with Crippen molar-refractivity contribution in [2.75, 3.05) is 18.1 Å². The molecular formula is C13H20ClNOS2. The van der Waals surface area contributed by atoms with E-state index in [2.05, 4.69) is 25.4 Å². The summed E-state index contributed by atoms with van der Waals surface area (Å²) in [5.41, 5.74) is 2.94. The second kappa shape index (κ2) is 7.53. The predicted molar refractivity (Wildman–Crippen MR) is 85.6 cm³/mol. The molecule has 1 aromatic rings. The van der Waals surface area contributed by atoms with Crippen molar-refractivity contribution in [2.24, 2.45) is 0 Å². The molecule has 0 unspecified atom stereocenters. The van der Waals surface area contributed by atoms with Crippen LogP contribution >= 0.6 is 33.2 Å². The van der Waals surface area contributed by atoms with Gasteiger partial charge in [-0.3, -0.25) is 0 Å². The molecule has 0 aliphatic rings. The van der Waals surface area contributed by atoms with Crippen molar-refractivity contribution < 1.29 is 5.11 Å². The maximum Gasteiger partial charge on any atom is 0.0682 e. The third-order valence-electron chi connectivity index (χ3n) is 2.42. The molecule has 1 rings (SSSR count). The van der Waals surface area contributed by atoms with Crippen molar-refractivity contribution in [1.29, 1.82) is 0 Å². The van der Waals surface area contributed by atoms with Gasteiger partial charge in [-0.05, 0) is 43.4 Å². The largest absolute Gasteiger partial charge is 0.392 e. The minimum atomic E-state index is 0.0440. The van der Waals surface area contributed by atoms with Gasteiger partial charge in [0.15, 0.2) is 0 Å². The number of nitrogens with one attached hydrogen (secondary N) is 1. The predicted octanol–water partition coefficient (Wildman–Crippen LogP) is 4.12. The van der Waals surface area contributed by atoms with Crippen molar-refractivity contribution >= 4 is 38.9 Å². The fraction of sp³-hybridized carbons (Fsp3) is 0.538. The molecule has 0 aliphatic carbocycles. The normalized spacial score (nSPS) is 11.6. The zero-order valence-corrected chi connectivity index (χ0v) is 13.4. The van der Waals surface area contributed by atoms with E-state index < -0.39 is 0 Å². The summed E-state index contributed by atoms with van der Waals surface area (Å²) in [6, 6.07) is 5.93. The highest BCUT2D eigenvalue weighted by atomic mass is 35.5. The van der Waals surface area contributed by atoms with Crippen molar-refractivity contribution in [3.8, 4) is 0 Å². The molecule has 0 atom stereocenters. The van der Waals surface area contributed by atoms with Gasteiger partial charge in [0.1, 0.15) is 0 Å². The van der Waals surface area contributed by atoms with Crippen LogP contribution in [0.3, 0.4) is 0 Å². The van der Waals surface area contributed by atoms with E-state index in [1.807, 2.05) is 29.0 Å². The molecule has 0 heterocycles. The van der Waals surface area contributed by atoms with E-state index in [4.69, 9.17) is 11.6 Å². The SMILES string of the molecule is CSSC(C)(C)CNc1cc(CO)cc(CCl)c1. The maximum absolute atomic E-state index is 9.22. The van der Waals surface area contributed by atoms with Crippen molar-refractivity contribution in [1.82, 2.24) is 0 Å². The average molecular weight is 306 g/mol. The highest BCUT2D eigenvalue weighted by Gasteiger charge is 2.17. The highest BCUT2D eigenvalue weighted by molar-refractivity contribution is 8.76. The molecule has 102 valence electrons. The van der Waals surface area contributed by atoms with Gasteiger partial charge in [0, 0.05) is 22.9 Å². The van der Waals surface area contributed by atoms with Crippen LogP contribution in [0.15, 0.2) is 18.2 Å². The van der Waals surface area contributed by atoms with Crippen LogP contribution < -0.4 is 5.32 Å². The van der Waals surface area contributed by atoms with E-state index >= 15 is 0 Å². The van der Waals surface area contributed by atoms with Crippen LogP contribution in [0, 0.1) is 0 Å². The van der Waals surface area contributed by atoms with Gasteiger partial charge in [-0.2, -0.15) is 0 Å². The first-order valence-electron chi connectivity index (χ1n) is 5.76. The van der Waals surface area contributed by atoms with E-state index in [1.165, 1.54) is 0 Å². The minimum absolute atomic E-state index is 0.0440. The highest BCUT2D eigenvalue weighted by Crippen LogP contribution is 2.33. The van der Waals surface area contributed by atoms with Crippen LogP contribution in [0.4, 0.5) is 5.69 Å². The Kier molecular flexibility index (Phi) is 6.71. The Bertz CT molecular complexity index is 363. The number of halogens is 1. The fourth-order valence-corrected chi connectivity index (χ4v) is 3.87. The lowest BCUT2D eigenvalue weighted by atomic mass is 10.1. The summed E-state index contributed by atoms with van der Waals surface area (Å²) >= 11 is 5.85. The number of aliphatic hydroxyl groups excluding tert-OH is 1. The van der Waals surface area contributed by atoms with Gasteiger partial charge in [-0.1, -0.05) is 27.7 Å². The molecular weight excluding hydrogens is 286 g/mol. The van der Waals surface area contributed by atoms with Crippen LogP contribution in [-0.2, 0) is 12.5 Å². The van der Waals surface area contributed by atoms with Crippen molar-refractivity contribution in [2.45, 2.75) is 31.1 Å². The summed E-state index contributed by atoms with van der Waals surface area (Å²) in [7, 11) is 3.63. The number of anilines is 1. The molecule has 0 bridgehead atoms. The van der Waals surface area contributed by atoms with Crippen molar-refractivity contribution in [3.05, 3.63) is 29.3 Å². The fourth-order valence-electron chi connectivity index (χ4n) is 1.60. The number of rotatable bonds is 7. The van der Waals surface area contributed by atoms with E-state index in [1.54, 1.807) is 10.8 Å². The number of alkyl halides is 1. The first-order valence-corrected chi connectivity index (χ1v) is 8.85. The first kappa shape index (κ1) is 16.0. The lowest BCUT2D eigenvalue weighted by Crippen LogP contribution is -2.25. The molecule has 0 radical (unpaired) electrons. The molecule has 0 saturated heterocycles. The molecule has 0 fully saturated rings. The maximum atomic E-state index is 9.22. The number of benzene rings is 1. The topological polar surface area (TPSA) is 32.3 Å². The monoisotopic (exact) mass is 305 g/mol. The Labute approximate surface area is 122 Å². The lowest BCUT2D eigenvalue weighted by Gasteiger charge is -2.23. The molecule has 0 amide bonds. The lowest BCUT2D eigenvalue weighted by molar-refractivity contribution is 0.282. The Morgan fingerprint density at radius 2 is 1.94 bits per heavy atom. The molecule has 18 heavy (non-hydrogen) atoms. The summed E-state index contributed by atoms with van der Waals surface area (Å²) < 4.78 is 0.162. The third kappa shape index (κ3) is 5.31. The van der Waals surface area contributed by atoms with E-state index in [-0.39, 0.29) is 11.4 Å². The summed E-state index contributed by atoms with van der Waals surface area (Å²) in [6.07, 6.45) is 2.09. The standard InChI is InChI=1S/C13H20ClNOS2/c1-13(2,18-17-3)9-15-12-5-10(7-14)4-11(6-12)8-16/h4-6,15-16H,7-9H2,1-3H3. The third-order valence-corrected chi connectivity index (χ3v) is 5.34. The van der Waals surface area contributed by atoms with Gasteiger partial charge < -0.3 is 10.4 Å². The van der Waals surface area contributed by atoms with E-state index in [9.17, 15) is 5.11 Å². The zero-order valence-electron chi connectivity index (χ0n) is 11.0. The van der Waals surface area contributed by atoms with Crippen LogP contribution in [-0.4, -0.2) is 22.7 Å². The van der Waals surface area contributed by atoms with Crippen LogP contribution in [0.1, 0.15) is 25.0 Å². The summed E-state index contributed by atoms with van der Waals surface area (Å²) in [4.78, 5) is 0. The quantitative estimate of drug-likeness (QED) is 0.586. The number of hydrogen-bond donors (Lipinski definition) is 2. The van der Waals surface area contributed by atoms with E-state index in [0.29, 0.717) is 5.88 Å². The smallest absolute Gasteiger partial charge is 0.0682 e. The Hall–Kier alpha value is -0.0300. The van der Waals surface area contributed by atoms with Gasteiger partial charge in [0.25, 0.3) is 0 Å². The molecule has 2 nitrogen and oxygen atoms in total. The van der Waals surface area contributed by atoms with Crippen LogP contribution in [0.2, 0.25) is 0 Å². The van der Waals surface area contributed by atoms with Crippen molar-refractivity contribution in [3.63, 3.8) is 0 Å². The number of aliphatic hydroxyl groups is 1. The second-order valence-corrected chi connectivity index (χ2v) is 8.07. The van der Waals surface area contributed by atoms with Gasteiger partial charge in [0.05, 0.1) is 6.61 Å². The van der Waals surface area contributed by atoms with Gasteiger partial charge in [0.2, 0.25) is 0 Å². The van der Waals surface area contributed by atoms with Crippen LogP contribution in [0.25, 0.3) is 0 Å². The Morgan fingerprint density at radius 3 is 2.50 bits per heavy atom. The molecule has 0 saturated carbocycles. The Balaban J connectivity index is 2.72. The molecule has 1 aromatic carbocycles.